The van der Waals surface area contributed by atoms with Crippen LogP contribution in [0.1, 0.15) is 50.4 Å². The van der Waals surface area contributed by atoms with Gasteiger partial charge in [0.2, 0.25) is 5.91 Å². The Morgan fingerprint density at radius 2 is 1.63 bits per heavy atom. The number of hydroxylamine groups is 2. The highest BCUT2D eigenvalue weighted by Gasteiger charge is 2.32. The predicted molar refractivity (Wildman–Crippen MR) is 151 cm³/mol. The van der Waals surface area contributed by atoms with Gasteiger partial charge in [-0.3, -0.25) is 9.63 Å². The van der Waals surface area contributed by atoms with Gasteiger partial charge in [-0.1, -0.05) is 42.5 Å². The van der Waals surface area contributed by atoms with Gasteiger partial charge in [0.15, 0.2) is 11.5 Å². The van der Waals surface area contributed by atoms with Crippen molar-refractivity contribution in [2.45, 2.75) is 52.2 Å². The number of hydrogen-bond donors (Lipinski definition) is 1. The van der Waals surface area contributed by atoms with Gasteiger partial charge in [-0.05, 0) is 74.1 Å². The summed E-state index contributed by atoms with van der Waals surface area (Å²) in [6.45, 7) is 10.6. The van der Waals surface area contributed by atoms with Crippen molar-refractivity contribution in [2.24, 2.45) is 0 Å². The molecule has 1 atom stereocenters. The molecule has 0 aliphatic carbocycles. The standard InChI is InChI=1S/C30H36N2O4.CH2O/c1-20(33)31-26-10-8-7-9-24(26)22-13-11-21(12-14-22)17-27-25-19-29(35-6)28(34-5)18-23(25)15-16-32(27)36-30(2,3)4;1-2/h7-14,18-19,27H,15-17H2,1-6H3,(H,31,33);1H2. The number of rotatable bonds is 7. The molecule has 0 saturated carbocycles. The Bertz CT molecular complexity index is 1230. The second-order valence-electron chi connectivity index (χ2n) is 10.1. The summed E-state index contributed by atoms with van der Waals surface area (Å²) >= 11 is 0. The Labute approximate surface area is 225 Å². The van der Waals surface area contributed by atoms with Crippen LogP contribution in [-0.4, -0.2) is 44.1 Å². The minimum Gasteiger partial charge on any atom is -0.493 e. The van der Waals surface area contributed by atoms with Crippen LogP contribution in [-0.2, 0) is 27.3 Å². The van der Waals surface area contributed by atoms with Crippen LogP contribution in [0.5, 0.6) is 11.5 Å². The molecule has 0 spiro atoms. The van der Waals surface area contributed by atoms with Crippen molar-refractivity contribution in [2.75, 3.05) is 26.1 Å². The van der Waals surface area contributed by atoms with Crippen molar-refractivity contribution in [1.29, 1.82) is 0 Å². The van der Waals surface area contributed by atoms with Gasteiger partial charge in [-0.15, -0.1) is 0 Å². The van der Waals surface area contributed by atoms with Gasteiger partial charge >= 0.3 is 0 Å². The lowest BCUT2D eigenvalue weighted by Gasteiger charge is -2.40. The van der Waals surface area contributed by atoms with Crippen molar-refractivity contribution in [1.82, 2.24) is 5.06 Å². The van der Waals surface area contributed by atoms with E-state index in [1.807, 2.05) is 31.1 Å². The third-order valence-electron chi connectivity index (χ3n) is 6.28. The van der Waals surface area contributed by atoms with Crippen LogP contribution in [0.3, 0.4) is 0 Å². The second-order valence-corrected chi connectivity index (χ2v) is 10.1. The van der Waals surface area contributed by atoms with Gasteiger partial charge in [-0.2, -0.15) is 5.06 Å². The minimum absolute atomic E-state index is 0.0327. The summed E-state index contributed by atoms with van der Waals surface area (Å²) in [5.41, 5.74) is 6.22. The van der Waals surface area contributed by atoms with Crippen LogP contribution < -0.4 is 14.8 Å². The molecule has 1 heterocycles. The molecule has 0 bridgehead atoms. The third-order valence-corrected chi connectivity index (χ3v) is 6.28. The first-order valence-corrected chi connectivity index (χ1v) is 12.6. The molecule has 1 aliphatic heterocycles. The number of fused-ring (bicyclic) bond motifs is 1. The highest BCUT2D eigenvalue weighted by atomic mass is 16.7. The van der Waals surface area contributed by atoms with Crippen molar-refractivity contribution < 1.29 is 23.9 Å². The molecule has 1 aliphatic rings. The number of ether oxygens (including phenoxy) is 2. The highest BCUT2D eigenvalue weighted by molar-refractivity contribution is 5.94. The SMILES string of the molecule is C=O.COc1cc2c(cc1OC)C(Cc1ccc(-c3ccccc3NC(C)=O)cc1)N(OC(C)(C)C)CC2. The molecule has 7 heteroatoms. The van der Waals surface area contributed by atoms with Gasteiger partial charge in [0.25, 0.3) is 0 Å². The zero-order valence-electron chi connectivity index (χ0n) is 23.2. The van der Waals surface area contributed by atoms with E-state index in [1.54, 1.807) is 14.2 Å². The number of amides is 1. The first-order valence-electron chi connectivity index (χ1n) is 12.6. The average Bonchev–Trinajstić information content (AvgIpc) is 2.90. The van der Waals surface area contributed by atoms with E-state index >= 15 is 0 Å². The van der Waals surface area contributed by atoms with E-state index in [1.165, 1.54) is 23.6 Å². The predicted octanol–water partition coefficient (Wildman–Crippen LogP) is 6.02. The quantitative estimate of drug-likeness (QED) is 0.412. The van der Waals surface area contributed by atoms with Gasteiger partial charge in [-0.25, -0.2) is 0 Å². The Balaban J connectivity index is 0.00000195. The molecule has 1 unspecified atom stereocenters. The second kappa shape index (κ2) is 12.7. The van der Waals surface area contributed by atoms with E-state index in [9.17, 15) is 4.79 Å². The summed E-state index contributed by atoms with van der Waals surface area (Å²) in [7, 11) is 3.34. The van der Waals surface area contributed by atoms with E-state index in [2.05, 4.69) is 67.5 Å². The maximum Gasteiger partial charge on any atom is 0.221 e. The molecule has 7 nitrogen and oxygen atoms in total. The molecule has 0 radical (unpaired) electrons. The fourth-order valence-corrected chi connectivity index (χ4v) is 4.76. The molecule has 3 aromatic carbocycles. The molecule has 38 heavy (non-hydrogen) atoms. The largest absolute Gasteiger partial charge is 0.493 e. The Morgan fingerprint density at radius 3 is 2.24 bits per heavy atom. The van der Waals surface area contributed by atoms with Gasteiger partial charge in [0.1, 0.15) is 6.79 Å². The summed E-state index contributed by atoms with van der Waals surface area (Å²) in [5, 5.41) is 5.05. The minimum atomic E-state index is -0.302. The number of carbonyl (C=O) groups excluding carboxylic acids is 2. The summed E-state index contributed by atoms with van der Waals surface area (Å²) in [6.07, 6.45) is 1.66. The van der Waals surface area contributed by atoms with Crippen molar-refractivity contribution in [3.05, 3.63) is 77.4 Å². The Hall–Kier alpha value is -3.68. The fourth-order valence-electron chi connectivity index (χ4n) is 4.76. The maximum absolute atomic E-state index is 11.6. The van der Waals surface area contributed by atoms with Crippen LogP contribution in [0.15, 0.2) is 60.7 Å². The number of nitrogens with zero attached hydrogens (tertiary/aromatic N) is 1. The molecule has 0 fully saturated rings. The fraction of sp³-hybridized carbons (Fsp3) is 0.355. The van der Waals surface area contributed by atoms with Crippen LogP contribution in [0, 0.1) is 0 Å². The Kier molecular flexibility index (Phi) is 9.66. The zero-order chi connectivity index (χ0) is 27.9. The lowest BCUT2D eigenvalue weighted by atomic mass is 9.89. The first-order chi connectivity index (χ1) is 18.2. The van der Waals surface area contributed by atoms with Crippen molar-refractivity contribution >= 4 is 18.4 Å². The number of anilines is 1. The number of nitrogens with one attached hydrogen (secondary N) is 1. The van der Waals surface area contributed by atoms with Crippen LogP contribution >= 0.6 is 0 Å². The van der Waals surface area contributed by atoms with E-state index < -0.39 is 0 Å². The van der Waals surface area contributed by atoms with E-state index in [4.69, 9.17) is 19.1 Å². The van der Waals surface area contributed by atoms with Crippen molar-refractivity contribution in [3.8, 4) is 22.6 Å². The van der Waals surface area contributed by atoms with E-state index in [-0.39, 0.29) is 17.6 Å². The average molecular weight is 519 g/mol. The summed E-state index contributed by atoms with van der Waals surface area (Å²) < 4.78 is 11.2. The van der Waals surface area contributed by atoms with Gasteiger partial charge in [0, 0.05) is 24.7 Å². The molecule has 202 valence electrons. The van der Waals surface area contributed by atoms with Crippen LogP contribution in [0.25, 0.3) is 11.1 Å². The number of hydrogen-bond acceptors (Lipinski definition) is 6. The molecular weight excluding hydrogens is 480 g/mol. The lowest BCUT2D eigenvalue weighted by Crippen LogP contribution is -2.41. The molecule has 0 aromatic heterocycles. The topological polar surface area (TPSA) is 77.1 Å². The summed E-state index contributed by atoms with van der Waals surface area (Å²) in [4.78, 5) is 26.1. The summed E-state index contributed by atoms with van der Waals surface area (Å²) in [6, 6.07) is 20.6. The lowest BCUT2D eigenvalue weighted by molar-refractivity contribution is -0.254. The zero-order valence-corrected chi connectivity index (χ0v) is 23.2. The van der Waals surface area contributed by atoms with Crippen LogP contribution in [0.2, 0.25) is 0 Å². The number of para-hydroxylation sites is 1. The molecule has 0 saturated heterocycles. The van der Waals surface area contributed by atoms with E-state index in [0.29, 0.717) is 0 Å². The monoisotopic (exact) mass is 518 g/mol. The number of methoxy groups -OCH3 is 2. The van der Waals surface area contributed by atoms with Crippen LogP contribution in [0.4, 0.5) is 5.69 Å². The normalized spacial score (nSPS) is 15.1. The highest BCUT2D eigenvalue weighted by Crippen LogP contribution is 2.40. The first kappa shape index (κ1) is 28.9. The van der Waals surface area contributed by atoms with Gasteiger partial charge < -0.3 is 19.6 Å². The third kappa shape index (κ3) is 7.00. The molecule has 1 amide bonds. The molecule has 1 N–H and O–H groups in total. The van der Waals surface area contributed by atoms with Crippen molar-refractivity contribution in [3.63, 3.8) is 0 Å². The van der Waals surface area contributed by atoms with E-state index in [0.717, 1.165) is 47.7 Å². The maximum atomic E-state index is 11.6. The molecule has 4 rings (SSSR count). The summed E-state index contributed by atoms with van der Waals surface area (Å²) in [5.74, 6) is 1.40. The number of carbonyl (C=O) groups is 2. The number of benzene rings is 3. The molecule has 3 aromatic rings. The molecular formula is C31H38N2O5. The van der Waals surface area contributed by atoms with Gasteiger partial charge in [0.05, 0.1) is 25.9 Å². The Morgan fingerprint density at radius 1 is 1.00 bits per heavy atom. The smallest absolute Gasteiger partial charge is 0.221 e.